The number of nitrogens with zero attached hydrogens (tertiary/aromatic N) is 1. The van der Waals surface area contributed by atoms with Crippen molar-refractivity contribution in [2.45, 2.75) is 58.9 Å². The van der Waals surface area contributed by atoms with E-state index in [0.717, 1.165) is 12.3 Å². The first-order chi connectivity index (χ1) is 6.81. The number of hydrogen-bond acceptors (Lipinski definition) is 2. The molecule has 2 N–H and O–H groups in total. The van der Waals surface area contributed by atoms with Crippen molar-refractivity contribution in [2.24, 2.45) is 11.7 Å². The molecule has 0 aliphatic carbocycles. The molecule has 0 atom stereocenters. The van der Waals surface area contributed by atoms with Crippen LogP contribution < -0.4 is 5.73 Å². The van der Waals surface area contributed by atoms with Crippen LogP contribution in [0.1, 0.15) is 53.4 Å². The molecule has 0 aliphatic rings. The van der Waals surface area contributed by atoms with Crippen LogP contribution in [-0.2, 0) is 0 Å². The Balaban J connectivity index is 3.37. The van der Waals surface area contributed by atoms with Gasteiger partial charge in [-0.3, -0.25) is 0 Å². The van der Waals surface area contributed by atoms with Crippen molar-refractivity contribution in [1.82, 2.24) is 4.90 Å². The zero-order chi connectivity index (χ0) is 11.9. The highest BCUT2D eigenvalue weighted by atomic mass is 15.1. The molecule has 0 saturated heterocycles. The Labute approximate surface area is 96.2 Å². The van der Waals surface area contributed by atoms with Crippen LogP contribution in [0, 0.1) is 5.92 Å². The van der Waals surface area contributed by atoms with Gasteiger partial charge in [-0.1, -0.05) is 13.8 Å². The predicted octanol–water partition coefficient (Wildman–Crippen LogP) is 2.87. The molecule has 0 fully saturated rings. The molecule has 0 aromatic carbocycles. The van der Waals surface area contributed by atoms with Crippen LogP contribution in [0.2, 0.25) is 0 Å². The molecule has 0 unspecified atom stereocenters. The fourth-order valence-corrected chi connectivity index (χ4v) is 1.69. The van der Waals surface area contributed by atoms with E-state index in [0.29, 0.717) is 0 Å². The Bertz CT molecular complexity index is 147. The van der Waals surface area contributed by atoms with Crippen LogP contribution in [0.25, 0.3) is 0 Å². The summed E-state index contributed by atoms with van der Waals surface area (Å²) >= 11 is 0. The van der Waals surface area contributed by atoms with Gasteiger partial charge in [-0.15, -0.1) is 0 Å². The highest BCUT2D eigenvalue weighted by molar-refractivity contribution is 4.71. The number of nitrogens with two attached hydrogens (primary N) is 1. The van der Waals surface area contributed by atoms with E-state index in [2.05, 4.69) is 39.6 Å². The number of rotatable bonds is 8. The molecular formula is C13H30N2. The molecule has 0 spiro atoms. The summed E-state index contributed by atoms with van der Waals surface area (Å²) < 4.78 is 0. The van der Waals surface area contributed by atoms with E-state index >= 15 is 0 Å². The quantitative estimate of drug-likeness (QED) is 0.673. The van der Waals surface area contributed by atoms with Gasteiger partial charge in [-0.25, -0.2) is 0 Å². The first-order valence-electron chi connectivity index (χ1n) is 6.28. The molecule has 0 radical (unpaired) electrons. The smallest absolute Gasteiger partial charge is 0.00975 e. The maximum absolute atomic E-state index is 5.94. The molecule has 2 nitrogen and oxygen atoms in total. The Morgan fingerprint density at radius 2 is 1.67 bits per heavy atom. The minimum atomic E-state index is -0.00122. The van der Waals surface area contributed by atoms with Gasteiger partial charge in [0.1, 0.15) is 0 Å². The standard InChI is InChI=1S/C13H30N2/c1-12(2)8-6-10-15(5)11-7-9-13(3,4)14/h12H,6-11,14H2,1-5H3. The zero-order valence-corrected chi connectivity index (χ0v) is 11.3. The van der Waals surface area contributed by atoms with Crippen LogP contribution >= 0.6 is 0 Å². The molecule has 0 saturated carbocycles. The SMILES string of the molecule is CC(C)CCCN(C)CCCC(C)(C)N. The van der Waals surface area contributed by atoms with E-state index in [1.54, 1.807) is 0 Å². The maximum atomic E-state index is 5.94. The highest BCUT2D eigenvalue weighted by Crippen LogP contribution is 2.08. The Morgan fingerprint density at radius 3 is 2.13 bits per heavy atom. The van der Waals surface area contributed by atoms with Crippen molar-refractivity contribution >= 4 is 0 Å². The summed E-state index contributed by atoms with van der Waals surface area (Å²) in [5.74, 6) is 0.835. The molecule has 2 heteroatoms. The van der Waals surface area contributed by atoms with E-state index in [-0.39, 0.29) is 5.54 Å². The van der Waals surface area contributed by atoms with Crippen molar-refractivity contribution < 1.29 is 0 Å². The summed E-state index contributed by atoms with van der Waals surface area (Å²) in [5.41, 5.74) is 5.94. The second kappa shape index (κ2) is 7.24. The van der Waals surface area contributed by atoms with Crippen molar-refractivity contribution in [3.05, 3.63) is 0 Å². The molecule has 0 rings (SSSR count). The minimum absolute atomic E-state index is 0.00122. The second-order valence-electron chi connectivity index (χ2n) is 5.93. The van der Waals surface area contributed by atoms with Crippen LogP contribution in [0.3, 0.4) is 0 Å². The van der Waals surface area contributed by atoms with Gasteiger partial charge in [0, 0.05) is 5.54 Å². The molecule has 0 heterocycles. The topological polar surface area (TPSA) is 29.3 Å². The average Bonchev–Trinajstić information content (AvgIpc) is 2.00. The first-order valence-corrected chi connectivity index (χ1v) is 6.28. The van der Waals surface area contributed by atoms with Crippen LogP contribution in [0.15, 0.2) is 0 Å². The van der Waals surface area contributed by atoms with E-state index in [4.69, 9.17) is 5.73 Å². The van der Waals surface area contributed by atoms with Gasteiger partial charge in [0.05, 0.1) is 0 Å². The first kappa shape index (κ1) is 14.9. The third kappa shape index (κ3) is 11.8. The van der Waals surface area contributed by atoms with Gasteiger partial charge in [-0.2, -0.15) is 0 Å². The van der Waals surface area contributed by atoms with Gasteiger partial charge in [-0.05, 0) is 65.6 Å². The van der Waals surface area contributed by atoms with E-state index in [1.165, 1.54) is 32.4 Å². The van der Waals surface area contributed by atoms with Crippen molar-refractivity contribution in [3.8, 4) is 0 Å². The second-order valence-corrected chi connectivity index (χ2v) is 5.93. The molecule has 15 heavy (non-hydrogen) atoms. The lowest BCUT2D eigenvalue weighted by Crippen LogP contribution is -2.33. The largest absolute Gasteiger partial charge is 0.326 e. The fourth-order valence-electron chi connectivity index (χ4n) is 1.69. The zero-order valence-electron chi connectivity index (χ0n) is 11.3. The van der Waals surface area contributed by atoms with Crippen LogP contribution in [0.5, 0.6) is 0 Å². The van der Waals surface area contributed by atoms with Crippen molar-refractivity contribution in [3.63, 3.8) is 0 Å². The van der Waals surface area contributed by atoms with E-state index in [1.807, 2.05) is 0 Å². The molecule has 92 valence electrons. The molecule has 0 bridgehead atoms. The normalized spacial score (nSPS) is 12.8. The Hall–Kier alpha value is -0.0800. The third-order valence-corrected chi connectivity index (χ3v) is 2.68. The maximum Gasteiger partial charge on any atom is 0.00975 e. The van der Waals surface area contributed by atoms with Gasteiger partial charge < -0.3 is 10.6 Å². The molecule has 0 aromatic heterocycles. The van der Waals surface area contributed by atoms with E-state index in [9.17, 15) is 0 Å². The molecular weight excluding hydrogens is 184 g/mol. The highest BCUT2D eigenvalue weighted by Gasteiger charge is 2.10. The van der Waals surface area contributed by atoms with Crippen molar-refractivity contribution in [1.29, 1.82) is 0 Å². The van der Waals surface area contributed by atoms with Gasteiger partial charge in [0.25, 0.3) is 0 Å². The summed E-state index contributed by atoms with van der Waals surface area (Å²) in [6.45, 7) is 11.2. The lowest BCUT2D eigenvalue weighted by Gasteiger charge is -2.21. The predicted molar refractivity (Wildman–Crippen MR) is 69.1 cm³/mol. The lowest BCUT2D eigenvalue weighted by molar-refractivity contribution is 0.297. The number of hydrogen-bond donors (Lipinski definition) is 1. The van der Waals surface area contributed by atoms with Gasteiger partial charge in [0.15, 0.2) is 0 Å². The van der Waals surface area contributed by atoms with Gasteiger partial charge in [0.2, 0.25) is 0 Å². The fraction of sp³-hybridized carbons (Fsp3) is 1.00. The summed E-state index contributed by atoms with van der Waals surface area (Å²) in [6.07, 6.45) is 4.98. The van der Waals surface area contributed by atoms with Gasteiger partial charge >= 0.3 is 0 Å². The Morgan fingerprint density at radius 1 is 1.13 bits per heavy atom. The van der Waals surface area contributed by atoms with Crippen LogP contribution in [0.4, 0.5) is 0 Å². The minimum Gasteiger partial charge on any atom is -0.326 e. The van der Waals surface area contributed by atoms with Crippen molar-refractivity contribution in [2.75, 3.05) is 20.1 Å². The molecule has 0 aromatic rings. The molecule has 0 amide bonds. The molecule has 0 aliphatic heterocycles. The van der Waals surface area contributed by atoms with Crippen LogP contribution in [-0.4, -0.2) is 30.6 Å². The average molecular weight is 214 g/mol. The Kier molecular flexibility index (Phi) is 7.20. The summed E-state index contributed by atoms with van der Waals surface area (Å²) in [4.78, 5) is 2.42. The third-order valence-electron chi connectivity index (χ3n) is 2.68. The monoisotopic (exact) mass is 214 g/mol. The van der Waals surface area contributed by atoms with E-state index < -0.39 is 0 Å². The lowest BCUT2D eigenvalue weighted by atomic mass is 10.00. The summed E-state index contributed by atoms with van der Waals surface area (Å²) in [5, 5.41) is 0. The summed E-state index contributed by atoms with van der Waals surface area (Å²) in [6, 6.07) is 0. The summed E-state index contributed by atoms with van der Waals surface area (Å²) in [7, 11) is 2.21.